The summed E-state index contributed by atoms with van der Waals surface area (Å²) in [5.41, 5.74) is 0. The van der Waals surface area contributed by atoms with E-state index < -0.39 is 17.8 Å². The van der Waals surface area contributed by atoms with Crippen LogP contribution in [-0.2, 0) is 38.4 Å². The Morgan fingerprint density at radius 1 is 0.532 bits per heavy atom. The Kier molecular flexibility index (Phi) is 25.1. The second-order valence-corrected chi connectivity index (χ2v) is 11.0. The van der Waals surface area contributed by atoms with Crippen LogP contribution in [0.15, 0.2) is 0 Å². The first-order valence-electron chi connectivity index (χ1n) is 16.2. The maximum atomic E-state index is 12.1. The molecule has 0 spiro atoms. The molecule has 0 heterocycles. The van der Waals surface area contributed by atoms with Crippen molar-refractivity contribution in [3.8, 4) is 0 Å². The minimum Gasteiger partial charge on any atom is -0.481 e. The van der Waals surface area contributed by atoms with Gasteiger partial charge in [-0.15, -0.1) is 0 Å². The van der Waals surface area contributed by atoms with Crippen LogP contribution in [0, 0.1) is 0 Å². The molecule has 6 amide bonds. The smallest absolute Gasteiger partial charge is 0.303 e. The van der Waals surface area contributed by atoms with Gasteiger partial charge in [-0.2, -0.15) is 0 Å². The van der Waals surface area contributed by atoms with Crippen molar-refractivity contribution in [1.82, 2.24) is 31.1 Å². The molecule has 0 unspecified atom stereocenters. The Morgan fingerprint density at radius 3 is 1.23 bits per heavy atom. The number of hydroxylamine groups is 6. The monoisotopic (exact) mass is 674 g/mol. The number of aliphatic carboxylic acids is 1. The summed E-state index contributed by atoms with van der Waals surface area (Å²) in [4.78, 5) is 86.1. The van der Waals surface area contributed by atoms with Crippen molar-refractivity contribution in [2.24, 2.45) is 0 Å². The van der Waals surface area contributed by atoms with Gasteiger partial charge in [0.05, 0.1) is 13.5 Å². The maximum absolute atomic E-state index is 12.1. The molecule has 0 aromatic carbocycles. The van der Waals surface area contributed by atoms with Gasteiger partial charge in [-0.1, -0.05) is 0 Å². The number of carboxylic acid groups (broad SMARTS) is 1. The number of nitrogens with one attached hydrogen (secondary N) is 3. The molecule has 0 rings (SSSR count). The first kappa shape index (κ1) is 43.2. The van der Waals surface area contributed by atoms with Crippen molar-refractivity contribution < 1.29 is 53.9 Å². The van der Waals surface area contributed by atoms with Gasteiger partial charge >= 0.3 is 5.97 Å². The largest absolute Gasteiger partial charge is 0.481 e. The summed E-state index contributed by atoms with van der Waals surface area (Å²) in [7, 11) is 1.43. The molecule has 0 aromatic heterocycles. The van der Waals surface area contributed by atoms with Crippen LogP contribution in [0.4, 0.5) is 0 Å². The molecule has 17 heteroatoms. The SMILES string of the molecule is CON(CCCCCNC(=O)CCC(=O)N(O)CCCCCNC(=O)CCC(=O)N(O)CCCCCNC(=O)CCC(=O)O)C(C)=O. The highest BCUT2D eigenvalue weighted by molar-refractivity contribution is 5.84. The Morgan fingerprint density at radius 2 is 0.894 bits per heavy atom. The minimum atomic E-state index is -1.04. The minimum absolute atomic E-state index is 0.0417. The van der Waals surface area contributed by atoms with E-state index in [-0.39, 0.29) is 75.2 Å². The number of carboxylic acids is 1. The molecule has 0 aliphatic rings. The number of carbonyl (C=O) groups excluding carboxylic acids is 6. The van der Waals surface area contributed by atoms with Gasteiger partial charge in [-0.25, -0.2) is 15.2 Å². The molecule has 0 radical (unpaired) electrons. The van der Waals surface area contributed by atoms with Gasteiger partial charge < -0.3 is 21.1 Å². The van der Waals surface area contributed by atoms with E-state index in [0.717, 1.165) is 12.8 Å². The topological polar surface area (TPSA) is 235 Å². The average molecular weight is 675 g/mol. The van der Waals surface area contributed by atoms with Gasteiger partial charge in [0.15, 0.2) is 0 Å². The highest BCUT2D eigenvalue weighted by Gasteiger charge is 2.14. The standard InChI is InChI=1S/C30H54N6O11/c1-24(37)36(47-2)23-11-5-8-20-32-26(39)13-16-29(42)34(45)21-9-3-6-18-31-25(38)12-15-28(41)35(46)22-10-4-7-19-33-27(40)14-17-30(43)44/h45-46H,3-23H2,1-2H3,(H,31,38)(H,32,39)(H,33,40)(H,43,44). The zero-order valence-corrected chi connectivity index (χ0v) is 27.8. The lowest BCUT2D eigenvalue weighted by Crippen LogP contribution is -2.31. The number of nitrogens with zero attached hydrogens (tertiary/aromatic N) is 3. The van der Waals surface area contributed by atoms with E-state index >= 15 is 0 Å². The van der Waals surface area contributed by atoms with E-state index in [2.05, 4.69) is 16.0 Å². The second kappa shape index (κ2) is 27.3. The number of carbonyl (C=O) groups is 7. The molecule has 0 saturated carbocycles. The number of rotatable bonds is 28. The molecule has 6 N–H and O–H groups in total. The molecular formula is C30H54N6O11. The molecule has 270 valence electrons. The molecular weight excluding hydrogens is 620 g/mol. The molecule has 17 nitrogen and oxygen atoms in total. The summed E-state index contributed by atoms with van der Waals surface area (Å²) in [6.07, 6.45) is 4.95. The summed E-state index contributed by atoms with van der Waals surface area (Å²) < 4.78 is 0. The van der Waals surface area contributed by atoms with Gasteiger partial charge in [0, 0.05) is 78.3 Å². The van der Waals surface area contributed by atoms with E-state index in [1.54, 1.807) is 0 Å². The Labute approximate surface area is 276 Å². The number of amides is 6. The molecule has 0 aromatic rings. The second-order valence-electron chi connectivity index (χ2n) is 11.0. The highest BCUT2D eigenvalue weighted by atomic mass is 16.7. The van der Waals surface area contributed by atoms with E-state index in [0.29, 0.717) is 81.3 Å². The third-order valence-electron chi connectivity index (χ3n) is 6.94. The van der Waals surface area contributed by atoms with Crippen molar-refractivity contribution in [3.63, 3.8) is 0 Å². The normalized spacial score (nSPS) is 10.6. The van der Waals surface area contributed by atoms with Gasteiger partial charge in [0.25, 0.3) is 0 Å². The van der Waals surface area contributed by atoms with E-state index in [1.807, 2.05) is 0 Å². The van der Waals surface area contributed by atoms with Gasteiger partial charge in [0.1, 0.15) is 0 Å². The molecule has 47 heavy (non-hydrogen) atoms. The molecule has 0 bridgehead atoms. The predicted octanol–water partition coefficient (Wildman–Crippen LogP) is 1.12. The fraction of sp³-hybridized carbons (Fsp3) is 0.767. The van der Waals surface area contributed by atoms with Crippen molar-refractivity contribution in [2.45, 2.75) is 103 Å². The van der Waals surface area contributed by atoms with Crippen LogP contribution in [0.2, 0.25) is 0 Å². The van der Waals surface area contributed by atoms with E-state index in [1.165, 1.54) is 19.1 Å². The van der Waals surface area contributed by atoms with Gasteiger partial charge in [-0.05, 0) is 57.8 Å². The van der Waals surface area contributed by atoms with E-state index in [9.17, 15) is 44.0 Å². The summed E-state index contributed by atoms with van der Waals surface area (Å²) in [6.45, 7) is 3.24. The predicted molar refractivity (Wildman–Crippen MR) is 167 cm³/mol. The van der Waals surface area contributed by atoms with Crippen LogP contribution in [0.1, 0.15) is 103 Å². The van der Waals surface area contributed by atoms with Crippen molar-refractivity contribution in [1.29, 1.82) is 0 Å². The summed E-state index contributed by atoms with van der Waals surface area (Å²) in [5.74, 6) is -3.31. The lowest BCUT2D eigenvalue weighted by molar-refractivity contribution is -0.173. The number of unbranched alkanes of at least 4 members (excludes halogenated alkanes) is 6. The van der Waals surface area contributed by atoms with Crippen LogP contribution in [-0.4, -0.2) is 119 Å². The third-order valence-corrected chi connectivity index (χ3v) is 6.94. The molecule has 0 aliphatic heterocycles. The lowest BCUT2D eigenvalue weighted by atomic mass is 10.2. The molecule has 0 saturated heterocycles. The zero-order chi connectivity index (χ0) is 35.5. The first-order chi connectivity index (χ1) is 22.4. The summed E-state index contributed by atoms with van der Waals surface area (Å²) in [5, 5.41) is 38.8. The zero-order valence-electron chi connectivity index (χ0n) is 27.8. The van der Waals surface area contributed by atoms with Crippen molar-refractivity contribution >= 4 is 41.4 Å². The third kappa shape index (κ3) is 25.0. The first-order valence-corrected chi connectivity index (χ1v) is 16.2. The fourth-order valence-corrected chi connectivity index (χ4v) is 4.18. The molecule has 0 fully saturated rings. The van der Waals surface area contributed by atoms with Crippen molar-refractivity contribution in [2.75, 3.05) is 46.4 Å². The Hall–Kier alpha value is -3.83. The number of hydrogen-bond donors (Lipinski definition) is 6. The van der Waals surface area contributed by atoms with Crippen LogP contribution < -0.4 is 16.0 Å². The van der Waals surface area contributed by atoms with E-state index in [4.69, 9.17) is 9.94 Å². The number of hydrogen-bond acceptors (Lipinski definition) is 10. The van der Waals surface area contributed by atoms with Crippen LogP contribution >= 0.6 is 0 Å². The quantitative estimate of drug-likeness (QED) is 0.0391. The summed E-state index contributed by atoms with van der Waals surface area (Å²) in [6, 6.07) is 0. The summed E-state index contributed by atoms with van der Waals surface area (Å²) >= 11 is 0. The van der Waals surface area contributed by atoms with Gasteiger partial charge in [0.2, 0.25) is 35.4 Å². The highest BCUT2D eigenvalue weighted by Crippen LogP contribution is 2.04. The molecule has 0 aliphatic carbocycles. The van der Waals surface area contributed by atoms with Gasteiger partial charge in [-0.3, -0.25) is 48.8 Å². The Bertz CT molecular complexity index is 982. The maximum Gasteiger partial charge on any atom is 0.303 e. The Balaban J connectivity index is 3.79. The van der Waals surface area contributed by atoms with Crippen LogP contribution in [0.3, 0.4) is 0 Å². The lowest BCUT2D eigenvalue weighted by Gasteiger charge is -2.17. The molecule has 0 atom stereocenters. The van der Waals surface area contributed by atoms with Crippen LogP contribution in [0.25, 0.3) is 0 Å². The fourth-order valence-electron chi connectivity index (χ4n) is 4.18. The van der Waals surface area contributed by atoms with Crippen LogP contribution in [0.5, 0.6) is 0 Å². The average Bonchev–Trinajstić information content (AvgIpc) is 3.03. The van der Waals surface area contributed by atoms with Crippen molar-refractivity contribution in [3.05, 3.63) is 0 Å².